The Hall–Kier alpha value is -0.900. The molecule has 0 unspecified atom stereocenters. The number of rotatable bonds is 6. The van der Waals surface area contributed by atoms with Gasteiger partial charge in [0.25, 0.3) is 0 Å². The van der Waals surface area contributed by atoms with E-state index >= 15 is 0 Å². The number of sulfone groups is 1. The molecule has 1 aromatic rings. The summed E-state index contributed by atoms with van der Waals surface area (Å²) >= 11 is 0. The predicted molar refractivity (Wildman–Crippen MR) is 92.4 cm³/mol. The van der Waals surface area contributed by atoms with Crippen LogP contribution in [0.3, 0.4) is 0 Å². The highest BCUT2D eigenvalue weighted by molar-refractivity contribution is 14.0. The number of hydrogen-bond donors (Lipinski definition) is 2. The van der Waals surface area contributed by atoms with E-state index in [2.05, 4.69) is 20.6 Å². The summed E-state index contributed by atoms with van der Waals surface area (Å²) < 4.78 is 22.0. The van der Waals surface area contributed by atoms with Crippen LogP contribution in [0.15, 0.2) is 29.4 Å². The van der Waals surface area contributed by atoms with Crippen molar-refractivity contribution < 1.29 is 8.42 Å². The molecule has 6 nitrogen and oxygen atoms in total. The van der Waals surface area contributed by atoms with E-state index in [1.54, 1.807) is 13.2 Å². The Morgan fingerprint density at radius 2 is 2.00 bits per heavy atom. The summed E-state index contributed by atoms with van der Waals surface area (Å²) in [5.41, 5.74) is 1.00. The van der Waals surface area contributed by atoms with Gasteiger partial charge >= 0.3 is 0 Å². The number of guanidine groups is 1. The monoisotopic (exact) mass is 412 g/mol. The molecule has 114 valence electrons. The van der Waals surface area contributed by atoms with Crippen LogP contribution in [-0.2, 0) is 16.3 Å². The molecule has 0 saturated heterocycles. The van der Waals surface area contributed by atoms with Crippen LogP contribution in [0, 0.1) is 0 Å². The van der Waals surface area contributed by atoms with Crippen molar-refractivity contribution in [2.24, 2.45) is 4.99 Å². The van der Waals surface area contributed by atoms with Gasteiger partial charge in [0.15, 0.2) is 5.96 Å². The molecule has 0 aromatic carbocycles. The normalized spacial score (nSPS) is 11.6. The van der Waals surface area contributed by atoms with Crippen LogP contribution in [0.1, 0.15) is 5.69 Å². The maximum absolute atomic E-state index is 11.0. The first-order valence-corrected chi connectivity index (χ1v) is 8.09. The molecule has 0 aliphatic heterocycles. The highest BCUT2D eigenvalue weighted by atomic mass is 127. The van der Waals surface area contributed by atoms with Crippen molar-refractivity contribution in [3.8, 4) is 0 Å². The van der Waals surface area contributed by atoms with Crippen molar-refractivity contribution >= 4 is 39.8 Å². The van der Waals surface area contributed by atoms with Crippen LogP contribution < -0.4 is 10.6 Å². The minimum Gasteiger partial charge on any atom is -0.356 e. The number of aliphatic imine (C=N–C) groups is 1. The lowest BCUT2D eigenvalue weighted by Gasteiger charge is -2.11. The molecule has 0 bridgehead atoms. The van der Waals surface area contributed by atoms with E-state index in [4.69, 9.17) is 0 Å². The molecule has 0 aliphatic carbocycles. The summed E-state index contributed by atoms with van der Waals surface area (Å²) in [7, 11) is -1.30. The first kappa shape index (κ1) is 19.1. The maximum atomic E-state index is 11.0. The number of pyridine rings is 1. The number of nitrogens with one attached hydrogen (secondary N) is 2. The van der Waals surface area contributed by atoms with Gasteiger partial charge in [-0.15, -0.1) is 24.0 Å². The van der Waals surface area contributed by atoms with E-state index in [-0.39, 0.29) is 29.7 Å². The second-order valence-electron chi connectivity index (χ2n) is 4.13. The molecule has 0 radical (unpaired) electrons. The lowest BCUT2D eigenvalue weighted by molar-refractivity contribution is 0.600. The molecule has 0 spiro atoms. The lowest BCUT2D eigenvalue weighted by Crippen LogP contribution is -2.40. The van der Waals surface area contributed by atoms with Gasteiger partial charge in [-0.05, 0) is 12.1 Å². The van der Waals surface area contributed by atoms with Gasteiger partial charge in [-0.2, -0.15) is 0 Å². The molecule has 0 amide bonds. The smallest absolute Gasteiger partial charge is 0.191 e. The summed E-state index contributed by atoms with van der Waals surface area (Å²) in [5.74, 6) is 0.688. The topological polar surface area (TPSA) is 83.4 Å². The highest BCUT2D eigenvalue weighted by Crippen LogP contribution is 1.92. The molecule has 0 aliphatic rings. The first-order valence-electron chi connectivity index (χ1n) is 6.03. The highest BCUT2D eigenvalue weighted by Gasteiger charge is 2.03. The molecule has 20 heavy (non-hydrogen) atoms. The zero-order chi connectivity index (χ0) is 14.1. The van der Waals surface area contributed by atoms with Gasteiger partial charge in [0.05, 0.1) is 5.75 Å². The average Bonchev–Trinajstić information content (AvgIpc) is 2.37. The SMILES string of the molecule is CN=C(NCCc1ccccn1)NCCS(C)(=O)=O.I. The molecule has 1 aromatic heterocycles. The van der Waals surface area contributed by atoms with Gasteiger partial charge < -0.3 is 10.6 Å². The van der Waals surface area contributed by atoms with Gasteiger partial charge in [0.1, 0.15) is 9.84 Å². The average molecular weight is 412 g/mol. The van der Waals surface area contributed by atoms with E-state index < -0.39 is 9.84 Å². The van der Waals surface area contributed by atoms with Crippen molar-refractivity contribution in [1.82, 2.24) is 15.6 Å². The Kier molecular flexibility index (Phi) is 9.47. The largest absolute Gasteiger partial charge is 0.356 e. The fourth-order valence-electron chi connectivity index (χ4n) is 1.43. The molecule has 1 heterocycles. The molecule has 2 N–H and O–H groups in total. The van der Waals surface area contributed by atoms with Crippen LogP contribution in [0.5, 0.6) is 0 Å². The van der Waals surface area contributed by atoms with Crippen molar-refractivity contribution in [1.29, 1.82) is 0 Å². The van der Waals surface area contributed by atoms with Crippen LogP contribution >= 0.6 is 24.0 Å². The fourth-order valence-corrected chi connectivity index (χ4v) is 1.90. The van der Waals surface area contributed by atoms with E-state index in [0.717, 1.165) is 12.1 Å². The third kappa shape index (κ3) is 9.08. The Morgan fingerprint density at radius 1 is 1.30 bits per heavy atom. The predicted octanol–water partition coefficient (Wildman–Crippen LogP) is 0.452. The fraction of sp³-hybridized carbons (Fsp3) is 0.500. The Balaban J connectivity index is 0.00000361. The molecule has 1 rings (SSSR count). The first-order chi connectivity index (χ1) is 9.01. The molecular weight excluding hydrogens is 391 g/mol. The van der Waals surface area contributed by atoms with Gasteiger partial charge in [-0.25, -0.2) is 8.42 Å². The number of hydrogen-bond acceptors (Lipinski definition) is 4. The van der Waals surface area contributed by atoms with Crippen molar-refractivity contribution in [2.45, 2.75) is 6.42 Å². The zero-order valence-electron chi connectivity index (χ0n) is 11.7. The van der Waals surface area contributed by atoms with Crippen molar-refractivity contribution in [2.75, 3.05) is 32.1 Å². The maximum Gasteiger partial charge on any atom is 0.191 e. The minimum atomic E-state index is -2.95. The van der Waals surface area contributed by atoms with Crippen LogP contribution in [0.2, 0.25) is 0 Å². The van der Waals surface area contributed by atoms with E-state index in [1.807, 2.05) is 18.2 Å². The summed E-state index contributed by atoms with van der Waals surface area (Å²) in [6.07, 6.45) is 3.76. The third-order valence-corrected chi connectivity index (χ3v) is 3.33. The van der Waals surface area contributed by atoms with Crippen molar-refractivity contribution in [3.63, 3.8) is 0 Å². The summed E-state index contributed by atoms with van der Waals surface area (Å²) in [5, 5.41) is 6.06. The number of aromatic nitrogens is 1. The molecular formula is C12H21IN4O2S. The van der Waals surface area contributed by atoms with Gasteiger partial charge in [-0.3, -0.25) is 9.98 Å². The Morgan fingerprint density at radius 3 is 2.55 bits per heavy atom. The molecule has 0 atom stereocenters. The summed E-state index contributed by atoms with van der Waals surface area (Å²) in [6, 6.07) is 5.78. The Labute approximate surface area is 137 Å². The second-order valence-corrected chi connectivity index (χ2v) is 6.39. The van der Waals surface area contributed by atoms with E-state index in [9.17, 15) is 8.42 Å². The van der Waals surface area contributed by atoms with Gasteiger partial charge in [0, 0.05) is 44.7 Å². The van der Waals surface area contributed by atoms with E-state index in [0.29, 0.717) is 19.0 Å². The zero-order valence-corrected chi connectivity index (χ0v) is 14.8. The van der Waals surface area contributed by atoms with Crippen molar-refractivity contribution in [3.05, 3.63) is 30.1 Å². The molecule has 0 fully saturated rings. The number of halogens is 1. The number of nitrogens with zero attached hydrogens (tertiary/aromatic N) is 2. The standard InChI is InChI=1S/C12H20N4O2S.HI/c1-13-12(16-9-10-19(2,17)18)15-8-6-11-5-3-4-7-14-11;/h3-5,7H,6,8-10H2,1-2H3,(H2,13,15,16);1H. The van der Waals surface area contributed by atoms with Gasteiger partial charge in [-0.1, -0.05) is 6.07 Å². The third-order valence-electron chi connectivity index (χ3n) is 2.39. The van der Waals surface area contributed by atoms with Crippen LogP contribution in [0.4, 0.5) is 0 Å². The second kappa shape index (κ2) is 9.92. The van der Waals surface area contributed by atoms with Gasteiger partial charge in [0.2, 0.25) is 0 Å². The van der Waals surface area contributed by atoms with Crippen LogP contribution in [-0.4, -0.2) is 51.5 Å². The summed E-state index contributed by atoms with van der Waals surface area (Å²) in [4.78, 5) is 8.23. The van der Waals surface area contributed by atoms with Crippen LogP contribution in [0.25, 0.3) is 0 Å². The Bertz CT molecular complexity index is 505. The minimum absolute atomic E-state index is 0. The van der Waals surface area contributed by atoms with E-state index in [1.165, 1.54) is 6.26 Å². The quantitative estimate of drug-likeness (QED) is 0.403. The molecule has 0 saturated carbocycles. The lowest BCUT2D eigenvalue weighted by atomic mass is 10.3. The molecule has 8 heteroatoms. The summed E-state index contributed by atoms with van der Waals surface area (Å²) in [6.45, 7) is 1.04.